The zero-order valence-corrected chi connectivity index (χ0v) is 16.1. The molecule has 4 rings (SSSR count). The van der Waals surface area contributed by atoms with E-state index in [4.69, 9.17) is 16.3 Å². The largest absolute Gasteiger partial charge is 0.479 e. The van der Waals surface area contributed by atoms with Crippen molar-refractivity contribution in [2.24, 2.45) is 0 Å². The number of alkyl carbamates (subject to hydrolysis) is 1. The van der Waals surface area contributed by atoms with Gasteiger partial charge in [0, 0.05) is 10.9 Å². The summed E-state index contributed by atoms with van der Waals surface area (Å²) in [5.41, 5.74) is 4.85. The average molecular weight is 408 g/mol. The summed E-state index contributed by atoms with van der Waals surface area (Å²) >= 11 is 5.85. The topological polar surface area (TPSA) is 75.6 Å². The van der Waals surface area contributed by atoms with Crippen LogP contribution in [0, 0.1) is 0 Å². The van der Waals surface area contributed by atoms with Crippen LogP contribution in [0.3, 0.4) is 0 Å². The van der Waals surface area contributed by atoms with E-state index in [9.17, 15) is 14.7 Å². The van der Waals surface area contributed by atoms with Crippen molar-refractivity contribution in [3.05, 3.63) is 94.5 Å². The van der Waals surface area contributed by atoms with E-state index in [1.807, 2.05) is 36.4 Å². The first-order valence-corrected chi connectivity index (χ1v) is 9.52. The Morgan fingerprint density at radius 3 is 2.03 bits per heavy atom. The van der Waals surface area contributed by atoms with Crippen LogP contribution in [0.15, 0.2) is 72.8 Å². The van der Waals surface area contributed by atoms with Crippen LogP contribution in [0.2, 0.25) is 5.02 Å². The summed E-state index contributed by atoms with van der Waals surface area (Å²) in [5, 5.41) is 12.4. The standard InChI is InChI=1S/C23H18ClNO4/c24-15-11-9-14(10-12-15)21(22(26)27)25-23(28)29-13-20-18-7-3-1-5-16(18)17-6-2-4-8-19(17)20/h1-12,20-21H,13H2,(H,25,28)(H,26,27). The molecule has 0 spiro atoms. The van der Waals surface area contributed by atoms with Gasteiger partial charge in [-0.2, -0.15) is 0 Å². The molecule has 146 valence electrons. The first kappa shape index (κ1) is 19.0. The molecule has 3 aromatic carbocycles. The smallest absolute Gasteiger partial charge is 0.408 e. The van der Waals surface area contributed by atoms with Gasteiger partial charge >= 0.3 is 12.1 Å². The third-order valence-electron chi connectivity index (χ3n) is 5.06. The Morgan fingerprint density at radius 1 is 0.931 bits per heavy atom. The second kappa shape index (κ2) is 7.97. The van der Waals surface area contributed by atoms with Crippen LogP contribution in [-0.2, 0) is 9.53 Å². The van der Waals surface area contributed by atoms with E-state index in [0.29, 0.717) is 10.6 Å². The maximum Gasteiger partial charge on any atom is 0.408 e. The number of nitrogens with one attached hydrogen (secondary N) is 1. The fourth-order valence-electron chi connectivity index (χ4n) is 3.70. The molecule has 0 heterocycles. The number of fused-ring (bicyclic) bond motifs is 3. The Labute approximate surface area is 172 Å². The molecule has 0 bridgehead atoms. The van der Waals surface area contributed by atoms with E-state index in [-0.39, 0.29) is 12.5 Å². The molecule has 1 atom stereocenters. The first-order valence-electron chi connectivity index (χ1n) is 9.14. The zero-order chi connectivity index (χ0) is 20.4. The molecule has 0 saturated heterocycles. The maximum absolute atomic E-state index is 12.4. The highest BCUT2D eigenvalue weighted by Crippen LogP contribution is 2.44. The van der Waals surface area contributed by atoms with Crippen LogP contribution in [0.4, 0.5) is 4.79 Å². The predicted octanol–water partition coefficient (Wildman–Crippen LogP) is 5.00. The van der Waals surface area contributed by atoms with E-state index in [0.717, 1.165) is 22.3 Å². The van der Waals surface area contributed by atoms with Gasteiger partial charge in [0.15, 0.2) is 6.04 Å². The molecule has 1 unspecified atom stereocenters. The number of carbonyl (C=O) groups excluding carboxylic acids is 1. The second-order valence-corrected chi connectivity index (χ2v) is 7.23. The number of hydrogen-bond donors (Lipinski definition) is 2. The van der Waals surface area contributed by atoms with Crippen LogP contribution in [0.25, 0.3) is 11.1 Å². The Morgan fingerprint density at radius 2 is 1.48 bits per heavy atom. The van der Waals surface area contributed by atoms with E-state index in [1.165, 1.54) is 0 Å². The van der Waals surface area contributed by atoms with Gasteiger partial charge in [0.1, 0.15) is 6.61 Å². The summed E-state index contributed by atoms with van der Waals surface area (Å²) in [5.74, 6) is -1.27. The van der Waals surface area contributed by atoms with Gasteiger partial charge in [0.25, 0.3) is 0 Å². The van der Waals surface area contributed by atoms with Crippen LogP contribution < -0.4 is 5.32 Å². The van der Waals surface area contributed by atoms with Gasteiger partial charge in [-0.05, 0) is 39.9 Å². The van der Waals surface area contributed by atoms with Crippen molar-refractivity contribution in [3.8, 4) is 11.1 Å². The molecule has 0 saturated carbocycles. The van der Waals surface area contributed by atoms with Crippen molar-refractivity contribution in [2.45, 2.75) is 12.0 Å². The number of halogens is 1. The molecule has 6 heteroatoms. The minimum absolute atomic E-state index is 0.0908. The molecule has 1 aliphatic rings. The number of carboxylic acid groups (broad SMARTS) is 1. The number of ether oxygens (including phenoxy) is 1. The minimum atomic E-state index is -1.22. The lowest BCUT2D eigenvalue weighted by Gasteiger charge is -2.17. The molecule has 0 aliphatic heterocycles. The lowest BCUT2D eigenvalue weighted by atomic mass is 9.98. The van der Waals surface area contributed by atoms with Gasteiger partial charge in [-0.25, -0.2) is 9.59 Å². The Balaban J connectivity index is 1.48. The number of carboxylic acids is 1. The van der Waals surface area contributed by atoms with Gasteiger partial charge in [-0.3, -0.25) is 0 Å². The molecule has 0 fully saturated rings. The first-order chi connectivity index (χ1) is 14.0. The highest BCUT2D eigenvalue weighted by Gasteiger charge is 2.30. The predicted molar refractivity (Wildman–Crippen MR) is 110 cm³/mol. The number of benzene rings is 3. The van der Waals surface area contributed by atoms with Crippen LogP contribution >= 0.6 is 11.6 Å². The summed E-state index contributed by atoms with van der Waals surface area (Å²) in [4.78, 5) is 24.0. The van der Waals surface area contributed by atoms with Gasteiger partial charge in [0.05, 0.1) is 0 Å². The van der Waals surface area contributed by atoms with Crippen LogP contribution in [-0.4, -0.2) is 23.8 Å². The molecule has 0 radical (unpaired) electrons. The quantitative estimate of drug-likeness (QED) is 0.623. The molecule has 0 aromatic heterocycles. The number of carbonyl (C=O) groups is 2. The van der Waals surface area contributed by atoms with Crippen molar-refractivity contribution in [1.29, 1.82) is 0 Å². The normalized spacial score (nSPS) is 13.3. The Hall–Kier alpha value is -3.31. The fraction of sp³-hybridized carbons (Fsp3) is 0.130. The minimum Gasteiger partial charge on any atom is -0.479 e. The van der Waals surface area contributed by atoms with Crippen molar-refractivity contribution in [3.63, 3.8) is 0 Å². The Bertz CT molecular complexity index is 1020. The molecule has 1 amide bonds. The van der Waals surface area contributed by atoms with E-state index in [2.05, 4.69) is 17.4 Å². The SMILES string of the molecule is O=C(NC(C(=O)O)c1ccc(Cl)cc1)OCC1c2ccccc2-c2ccccc21. The van der Waals surface area contributed by atoms with Gasteiger partial charge in [-0.15, -0.1) is 0 Å². The van der Waals surface area contributed by atoms with E-state index in [1.54, 1.807) is 24.3 Å². The molecule has 2 N–H and O–H groups in total. The van der Waals surface area contributed by atoms with Crippen LogP contribution in [0.5, 0.6) is 0 Å². The van der Waals surface area contributed by atoms with Gasteiger partial charge < -0.3 is 15.2 Å². The van der Waals surface area contributed by atoms with Crippen LogP contribution in [0.1, 0.15) is 28.7 Å². The van der Waals surface area contributed by atoms with Crippen molar-refractivity contribution in [2.75, 3.05) is 6.61 Å². The third-order valence-corrected chi connectivity index (χ3v) is 5.31. The molecule has 29 heavy (non-hydrogen) atoms. The van der Waals surface area contributed by atoms with Crippen molar-refractivity contribution >= 4 is 23.7 Å². The summed E-state index contributed by atoms with van der Waals surface area (Å²) in [6.45, 7) is 0.118. The lowest BCUT2D eigenvalue weighted by Crippen LogP contribution is -2.34. The summed E-state index contributed by atoms with van der Waals surface area (Å²) in [6, 6.07) is 21.1. The van der Waals surface area contributed by atoms with Gasteiger partial charge in [0.2, 0.25) is 0 Å². The number of aliphatic carboxylic acids is 1. The third kappa shape index (κ3) is 3.82. The second-order valence-electron chi connectivity index (χ2n) is 6.79. The molecule has 3 aromatic rings. The highest BCUT2D eigenvalue weighted by molar-refractivity contribution is 6.30. The number of amides is 1. The van der Waals surface area contributed by atoms with E-state index < -0.39 is 18.1 Å². The average Bonchev–Trinajstić information content (AvgIpc) is 3.05. The number of hydrogen-bond acceptors (Lipinski definition) is 3. The number of rotatable bonds is 5. The van der Waals surface area contributed by atoms with Crippen molar-refractivity contribution in [1.82, 2.24) is 5.32 Å². The summed E-state index contributed by atoms with van der Waals surface area (Å²) in [7, 11) is 0. The van der Waals surface area contributed by atoms with Crippen molar-refractivity contribution < 1.29 is 19.4 Å². The van der Waals surface area contributed by atoms with Gasteiger partial charge in [-0.1, -0.05) is 72.3 Å². The highest BCUT2D eigenvalue weighted by atomic mass is 35.5. The van der Waals surface area contributed by atoms with E-state index >= 15 is 0 Å². The maximum atomic E-state index is 12.4. The molecule has 1 aliphatic carbocycles. The Kier molecular flexibility index (Phi) is 5.23. The molecule has 5 nitrogen and oxygen atoms in total. The monoisotopic (exact) mass is 407 g/mol. The summed E-state index contributed by atoms with van der Waals surface area (Å²) in [6.07, 6.45) is -0.783. The summed E-state index contributed by atoms with van der Waals surface area (Å²) < 4.78 is 5.43. The molecular formula is C23H18ClNO4. The zero-order valence-electron chi connectivity index (χ0n) is 15.3. The molecular weight excluding hydrogens is 390 g/mol. The lowest BCUT2D eigenvalue weighted by molar-refractivity contribution is -0.139. The fourth-order valence-corrected chi connectivity index (χ4v) is 3.83.